The van der Waals surface area contributed by atoms with E-state index in [-0.39, 0.29) is 5.91 Å². The number of nitrogens with one attached hydrogen (secondary N) is 1. The normalized spacial score (nSPS) is 11.0. The van der Waals surface area contributed by atoms with Gasteiger partial charge in [0.25, 0.3) is 5.91 Å². The molecule has 0 saturated carbocycles. The predicted octanol–water partition coefficient (Wildman–Crippen LogP) is 4.51. The van der Waals surface area contributed by atoms with Crippen LogP contribution in [0, 0.1) is 5.92 Å². The van der Waals surface area contributed by atoms with E-state index in [0.717, 1.165) is 17.5 Å². The van der Waals surface area contributed by atoms with Crippen molar-refractivity contribution in [2.24, 2.45) is 5.92 Å². The Hall–Kier alpha value is -2.73. The number of halogens is 1. The molecule has 0 spiro atoms. The van der Waals surface area contributed by atoms with Crippen molar-refractivity contribution in [1.82, 2.24) is 9.66 Å². The summed E-state index contributed by atoms with van der Waals surface area (Å²) in [5.41, 5.74) is 4.76. The first-order valence-electron chi connectivity index (χ1n) is 8.73. The van der Waals surface area contributed by atoms with Crippen LogP contribution >= 0.6 is 11.6 Å². The van der Waals surface area contributed by atoms with Gasteiger partial charge in [0.2, 0.25) is 0 Å². The van der Waals surface area contributed by atoms with Gasteiger partial charge in [0.1, 0.15) is 6.33 Å². The lowest BCUT2D eigenvalue weighted by Gasteiger charge is -2.15. The Kier molecular flexibility index (Phi) is 5.86. The smallest absolute Gasteiger partial charge is 0.270 e. The van der Waals surface area contributed by atoms with E-state index >= 15 is 0 Å². The van der Waals surface area contributed by atoms with Crippen LogP contribution in [0.15, 0.2) is 42.7 Å². The molecular formula is C20H22ClN3O3. The van der Waals surface area contributed by atoms with E-state index in [0.29, 0.717) is 34.6 Å². The summed E-state index contributed by atoms with van der Waals surface area (Å²) in [6.45, 7) is 4.77. The third kappa shape index (κ3) is 4.34. The number of amides is 1. The number of nitrogens with zero attached hydrogens (tertiary/aromatic N) is 2. The summed E-state index contributed by atoms with van der Waals surface area (Å²) < 4.78 is 12.7. The molecule has 1 aromatic heterocycles. The average Bonchev–Trinajstić information content (AvgIpc) is 3.05. The van der Waals surface area contributed by atoms with E-state index in [1.54, 1.807) is 23.1 Å². The first kappa shape index (κ1) is 19.0. The van der Waals surface area contributed by atoms with Crippen molar-refractivity contribution in [1.29, 1.82) is 0 Å². The van der Waals surface area contributed by atoms with Gasteiger partial charge in [-0.2, -0.15) is 0 Å². The molecule has 0 atom stereocenters. The number of hydrogen-bond acceptors (Lipinski definition) is 4. The summed E-state index contributed by atoms with van der Waals surface area (Å²) in [5, 5.41) is 0.332. The number of methoxy groups -OCH3 is 1. The van der Waals surface area contributed by atoms with E-state index in [1.807, 2.05) is 24.3 Å². The van der Waals surface area contributed by atoms with Gasteiger partial charge in [-0.25, -0.2) is 9.66 Å². The lowest BCUT2D eigenvalue weighted by Crippen LogP contribution is -2.22. The van der Waals surface area contributed by atoms with Crippen LogP contribution in [0.3, 0.4) is 0 Å². The zero-order valence-electron chi connectivity index (χ0n) is 15.5. The first-order valence-corrected chi connectivity index (χ1v) is 9.11. The molecule has 0 aliphatic carbocycles. The fourth-order valence-electron chi connectivity index (χ4n) is 2.61. The summed E-state index contributed by atoms with van der Waals surface area (Å²) >= 11 is 6.35. The van der Waals surface area contributed by atoms with Crippen LogP contribution in [0.25, 0.3) is 11.0 Å². The minimum Gasteiger partial charge on any atom is -0.493 e. The molecule has 0 radical (unpaired) electrons. The molecule has 3 aromatic rings. The summed E-state index contributed by atoms with van der Waals surface area (Å²) in [7, 11) is 1.52. The Morgan fingerprint density at radius 1 is 1.30 bits per heavy atom. The van der Waals surface area contributed by atoms with Gasteiger partial charge < -0.3 is 9.47 Å². The molecule has 0 bridgehead atoms. The number of hydrogen-bond donors (Lipinski definition) is 1. The first-order chi connectivity index (χ1) is 13.0. The molecule has 3 rings (SSSR count). The van der Waals surface area contributed by atoms with Crippen molar-refractivity contribution in [2.75, 3.05) is 19.1 Å². The fraction of sp³-hybridized carbons (Fsp3) is 0.300. The molecule has 0 aliphatic heterocycles. The molecule has 0 aliphatic rings. The Balaban J connectivity index is 1.81. The van der Waals surface area contributed by atoms with Crippen molar-refractivity contribution in [2.45, 2.75) is 20.3 Å². The van der Waals surface area contributed by atoms with Crippen molar-refractivity contribution in [3.8, 4) is 11.5 Å². The van der Waals surface area contributed by atoms with E-state index in [9.17, 15) is 4.79 Å². The Morgan fingerprint density at radius 3 is 2.81 bits per heavy atom. The van der Waals surface area contributed by atoms with Gasteiger partial charge in [-0.3, -0.25) is 10.2 Å². The number of fused-ring (bicyclic) bond motifs is 1. The number of aromatic nitrogens is 2. The Bertz CT molecular complexity index is 953. The largest absolute Gasteiger partial charge is 0.493 e. The van der Waals surface area contributed by atoms with Gasteiger partial charge in [-0.15, -0.1) is 0 Å². The van der Waals surface area contributed by atoms with Crippen molar-refractivity contribution in [3.05, 3.63) is 53.3 Å². The summed E-state index contributed by atoms with van der Waals surface area (Å²) in [6.07, 6.45) is 2.46. The van der Waals surface area contributed by atoms with E-state index in [2.05, 4.69) is 24.3 Å². The molecule has 0 unspecified atom stereocenters. The van der Waals surface area contributed by atoms with Crippen molar-refractivity contribution in [3.63, 3.8) is 0 Å². The summed E-state index contributed by atoms with van der Waals surface area (Å²) in [4.78, 5) is 16.9. The third-order valence-electron chi connectivity index (χ3n) is 4.11. The number of ether oxygens (including phenoxy) is 2. The van der Waals surface area contributed by atoms with Crippen molar-refractivity contribution >= 4 is 28.5 Å². The standard InChI is InChI=1S/C20H22ClN3O3/c1-13(2)8-9-27-19-15(21)10-14(11-18(19)26-3)20(25)23-24-12-22-16-6-4-5-7-17(16)24/h4-7,10-13H,8-9H2,1-3H3,(H,23,25). The zero-order chi connectivity index (χ0) is 19.4. The average molecular weight is 388 g/mol. The molecule has 142 valence electrons. The topological polar surface area (TPSA) is 65.4 Å². The van der Waals surface area contributed by atoms with Crippen LogP contribution in [0.1, 0.15) is 30.6 Å². The van der Waals surface area contributed by atoms with E-state index in [1.165, 1.54) is 7.11 Å². The van der Waals surface area contributed by atoms with Crippen LogP contribution in [0.5, 0.6) is 11.5 Å². The second-order valence-electron chi connectivity index (χ2n) is 6.56. The van der Waals surface area contributed by atoms with Gasteiger partial charge in [0.15, 0.2) is 11.5 Å². The number of benzene rings is 2. The van der Waals surface area contributed by atoms with Crippen LogP contribution in [0.2, 0.25) is 5.02 Å². The van der Waals surface area contributed by atoms with E-state index in [4.69, 9.17) is 21.1 Å². The predicted molar refractivity (Wildman–Crippen MR) is 106 cm³/mol. The quantitative estimate of drug-likeness (QED) is 0.647. The third-order valence-corrected chi connectivity index (χ3v) is 4.39. The molecule has 0 fully saturated rings. The highest BCUT2D eigenvalue weighted by Gasteiger charge is 2.17. The minimum atomic E-state index is -0.327. The Morgan fingerprint density at radius 2 is 2.07 bits per heavy atom. The maximum absolute atomic E-state index is 12.7. The molecule has 7 heteroatoms. The molecule has 1 N–H and O–H groups in total. The summed E-state index contributed by atoms with van der Waals surface area (Å²) in [6, 6.07) is 10.7. The zero-order valence-corrected chi connectivity index (χ0v) is 16.3. The molecule has 1 amide bonds. The van der Waals surface area contributed by atoms with Gasteiger partial charge in [0.05, 0.1) is 29.8 Å². The number of para-hydroxylation sites is 2. The number of rotatable bonds is 7. The monoisotopic (exact) mass is 387 g/mol. The maximum atomic E-state index is 12.7. The molecule has 0 saturated heterocycles. The Labute approximate surface area is 163 Å². The van der Waals surface area contributed by atoms with Gasteiger partial charge in [-0.1, -0.05) is 37.6 Å². The lowest BCUT2D eigenvalue weighted by molar-refractivity contribution is 0.101. The molecule has 27 heavy (non-hydrogen) atoms. The highest BCUT2D eigenvalue weighted by Crippen LogP contribution is 2.36. The minimum absolute atomic E-state index is 0.327. The molecule has 2 aromatic carbocycles. The van der Waals surface area contributed by atoms with Gasteiger partial charge in [-0.05, 0) is 36.6 Å². The SMILES string of the molecule is COc1cc(C(=O)Nn2cnc3ccccc32)cc(Cl)c1OCCC(C)C. The van der Waals surface area contributed by atoms with Gasteiger partial charge >= 0.3 is 0 Å². The molecule has 6 nitrogen and oxygen atoms in total. The van der Waals surface area contributed by atoms with Crippen LogP contribution in [0.4, 0.5) is 0 Å². The lowest BCUT2D eigenvalue weighted by atomic mass is 10.1. The molecular weight excluding hydrogens is 366 g/mol. The second-order valence-corrected chi connectivity index (χ2v) is 6.97. The van der Waals surface area contributed by atoms with Crippen LogP contribution in [-0.4, -0.2) is 29.3 Å². The maximum Gasteiger partial charge on any atom is 0.270 e. The van der Waals surface area contributed by atoms with Crippen molar-refractivity contribution < 1.29 is 14.3 Å². The van der Waals surface area contributed by atoms with Crippen LogP contribution < -0.4 is 14.9 Å². The highest BCUT2D eigenvalue weighted by atomic mass is 35.5. The number of carbonyl (C=O) groups is 1. The molecule has 1 heterocycles. The number of imidazole rings is 1. The van der Waals surface area contributed by atoms with E-state index < -0.39 is 0 Å². The second kappa shape index (κ2) is 8.31. The fourth-order valence-corrected chi connectivity index (χ4v) is 2.88. The highest BCUT2D eigenvalue weighted by molar-refractivity contribution is 6.32. The van der Waals surface area contributed by atoms with Gasteiger partial charge in [0, 0.05) is 5.56 Å². The number of carbonyl (C=O) groups excluding carboxylic acids is 1. The summed E-state index contributed by atoms with van der Waals surface area (Å²) in [5.74, 6) is 1.06. The van der Waals surface area contributed by atoms with Crippen LogP contribution in [-0.2, 0) is 0 Å².